The van der Waals surface area contributed by atoms with Crippen molar-refractivity contribution in [1.29, 1.82) is 0 Å². The molecule has 3 rings (SSSR count). The molecule has 9 heteroatoms. The number of carbonyl (C=O) groups excluding carboxylic acids is 2. The van der Waals surface area contributed by atoms with Gasteiger partial charge in [0.1, 0.15) is 5.82 Å². The Morgan fingerprint density at radius 2 is 1.48 bits per heavy atom. The van der Waals surface area contributed by atoms with Gasteiger partial charge in [-0.15, -0.1) is 0 Å². The fourth-order valence-corrected chi connectivity index (χ4v) is 2.76. The number of hydrogen-bond acceptors (Lipinski definition) is 4. The van der Waals surface area contributed by atoms with Crippen LogP contribution in [0.4, 0.5) is 20.6 Å². The van der Waals surface area contributed by atoms with E-state index in [4.69, 9.17) is 0 Å². The van der Waals surface area contributed by atoms with Crippen molar-refractivity contribution in [3.63, 3.8) is 0 Å². The molecule has 0 aliphatic carbocycles. The van der Waals surface area contributed by atoms with E-state index in [1.54, 1.807) is 9.80 Å². The minimum atomic E-state index is -0.521. The molecule has 0 bridgehead atoms. The molecule has 3 amide bonds. The Kier molecular flexibility index (Phi) is 5.30. The molecular formula is C18H17FN4O4. The van der Waals surface area contributed by atoms with Crippen LogP contribution in [0, 0.1) is 15.9 Å². The summed E-state index contributed by atoms with van der Waals surface area (Å²) in [6.45, 7) is 1.41. The maximum absolute atomic E-state index is 12.9. The highest BCUT2D eigenvalue weighted by Crippen LogP contribution is 2.15. The molecule has 1 heterocycles. The molecule has 140 valence electrons. The number of amides is 3. The number of nitro benzene ring substituents is 1. The first kappa shape index (κ1) is 18.3. The van der Waals surface area contributed by atoms with Crippen LogP contribution < -0.4 is 5.32 Å². The van der Waals surface area contributed by atoms with Gasteiger partial charge in [-0.2, -0.15) is 0 Å². The third kappa shape index (κ3) is 4.38. The Bertz CT molecular complexity index is 847. The van der Waals surface area contributed by atoms with Crippen LogP contribution in [-0.4, -0.2) is 52.8 Å². The van der Waals surface area contributed by atoms with Crippen molar-refractivity contribution in [2.24, 2.45) is 0 Å². The average Bonchev–Trinajstić information content (AvgIpc) is 2.69. The third-order valence-corrected chi connectivity index (χ3v) is 4.27. The Morgan fingerprint density at radius 3 is 2.04 bits per heavy atom. The maximum atomic E-state index is 12.9. The molecule has 1 aliphatic rings. The molecule has 0 spiro atoms. The van der Waals surface area contributed by atoms with Crippen molar-refractivity contribution < 1.29 is 18.9 Å². The number of anilines is 1. The number of benzene rings is 2. The molecule has 1 aliphatic heterocycles. The van der Waals surface area contributed by atoms with Gasteiger partial charge in [-0.1, -0.05) is 0 Å². The zero-order valence-electron chi connectivity index (χ0n) is 14.3. The van der Waals surface area contributed by atoms with Crippen LogP contribution in [0.2, 0.25) is 0 Å². The molecule has 1 N–H and O–H groups in total. The normalized spacial score (nSPS) is 14.0. The fraction of sp³-hybridized carbons (Fsp3) is 0.222. The lowest BCUT2D eigenvalue weighted by Crippen LogP contribution is -2.51. The van der Waals surface area contributed by atoms with E-state index in [-0.39, 0.29) is 23.4 Å². The molecule has 0 aromatic heterocycles. The van der Waals surface area contributed by atoms with E-state index < -0.39 is 4.92 Å². The summed E-state index contributed by atoms with van der Waals surface area (Å²) < 4.78 is 12.9. The molecule has 0 unspecified atom stereocenters. The van der Waals surface area contributed by atoms with Gasteiger partial charge in [-0.05, 0) is 36.4 Å². The number of hydrogen-bond donors (Lipinski definition) is 1. The number of nitrogens with zero attached hydrogens (tertiary/aromatic N) is 3. The second-order valence-corrected chi connectivity index (χ2v) is 6.02. The minimum Gasteiger partial charge on any atom is -0.335 e. The number of urea groups is 1. The molecule has 1 saturated heterocycles. The molecule has 27 heavy (non-hydrogen) atoms. The van der Waals surface area contributed by atoms with Crippen LogP contribution in [0.5, 0.6) is 0 Å². The van der Waals surface area contributed by atoms with Crippen LogP contribution in [0.15, 0.2) is 48.5 Å². The van der Waals surface area contributed by atoms with Crippen LogP contribution >= 0.6 is 0 Å². The molecule has 0 saturated carbocycles. The van der Waals surface area contributed by atoms with Crippen LogP contribution in [0.25, 0.3) is 0 Å². The van der Waals surface area contributed by atoms with E-state index in [0.29, 0.717) is 37.4 Å². The van der Waals surface area contributed by atoms with Crippen molar-refractivity contribution in [3.05, 3.63) is 70.0 Å². The Labute approximate surface area is 154 Å². The van der Waals surface area contributed by atoms with Gasteiger partial charge in [0.25, 0.3) is 11.6 Å². The largest absolute Gasteiger partial charge is 0.335 e. The number of carbonyl (C=O) groups is 2. The number of nitro groups is 1. The summed E-state index contributed by atoms with van der Waals surface area (Å²) in [5, 5.41) is 13.4. The van der Waals surface area contributed by atoms with Gasteiger partial charge in [0, 0.05) is 49.6 Å². The van der Waals surface area contributed by atoms with Gasteiger partial charge in [-0.3, -0.25) is 14.9 Å². The first-order valence-electron chi connectivity index (χ1n) is 8.29. The SMILES string of the molecule is O=C(Nc1ccc(F)cc1)N1CCN(C(=O)c2ccc([N+](=O)[O-])cc2)CC1. The predicted molar refractivity (Wildman–Crippen MR) is 96.0 cm³/mol. The van der Waals surface area contributed by atoms with Crippen molar-refractivity contribution in [3.8, 4) is 0 Å². The zero-order valence-corrected chi connectivity index (χ0v) is 14.3. The Hall–Kier alpha value is -3.49. The lowest BCUT2D eigenvalue weighted by Gasteiger charge is -2.34. The number of piperazine rings is 1. The molecule has 0 atom stereocenters. The second-order valence-electron chi connectivity index (χ2n) is 6.02. The quantitative estimate of drug-likeness (QED) is 0.662. The highest BCUT2D eigenvalue weighted by Gasteiger charge is 2.25. The zero-order chi connectivity index (χ0) is 19.4. The van der Waals surface area contributed by atoms with E-state index in [1.165, 1.54) is 48.5 Å². The van der Waals surface area contributed by atoms with Crippen LogP contribution in [0.1, 0.15) is 10.4 Å². The molecule has 2 aromatic rings. The van der Waals surface area contributed by atoms with E-state index in [0.717, 1.165) is 0 Å². The van der Waals surface area contributed by atoms with Crippen LogP contribution in [-0.2, 0) is 0 Å². The first-order valence-corrected chi connectivity index (χ1v) is 8.29. The second kappa shape index (κ2) is 7.81. The molecular weight excluding hydrogens is 355 g/mol. The highest BCUT2D eigenvalue weighted by atomic mass is 19.1. The van der Waals surface area contributed by atoms with Gasteiger partial charge < -0.3 is 15.1 Å². The standard InChI is InChI=1S/C18H17FN4O4/c19-14-3-5-15(6-4-14)20-18(25)22-11-9-21(10-12-22)17(24)13-1-7-16(8-2-13)23(26)27/h1-8H,9-12H2,(H,20,25). The number of nitrogens with one attached hydrogen (secondary N) is 1. The first-order chi connectivity index (χ1) is 12.9. The van der Waals surface area contributed by atoms with Crippen molar-refractivity contribution in [1.82, 2.24) is 9.80 Å². The van der Waals surface area contributed by atoms with Gasteiger partial charge in [0.2, 0.25) is 0 Å². The smallest absolute Gasteiger partial charge is 0.321 e. The van der Waals surface area contributed by atoms with E-state index >= 15 is 0 Å². The van der Waals surface area contributed by atoms with Crippen molar-refractivity contribution in [2.45, 2.75) is 0 Å². The molecule has 0 radical (unpaired) electrons. The topological polar surface area (TPSA) is 95.8 Å². The number of non-ortho nitro benzene ring substituents is 1. The lowest BCUT2D eigenvalue weighted by molar-refractivity contribution is -0.384. The predicted octanol–water partition coefficient (Wildman–Crippen LogP) is 2.72. The van der Waals surface area contributed by atoms with Crippen molar-refractivity contribution in [2.75, 3.05) is 31.5 Å². The average molecular weight is 372 g/mol. The minimum absolute atomic E-state index is 0.0752. The van der Waals surface area contributed by atoms with Gasteiger partial charge in [-0.25, -0.2) is 9.18 Å². The number of halogens is 1. The Balaban J connectivity index is 1.54. The highest BCUT2D eigenvalue weighted by molar-refractivity contribution is 5.95. The summed E-state index contributed by atoms with van der Waals surface area (Å²) >= 11 is 0. The maximum Gasteiger partial charge on any atom is 0.321 e. The lowest BCUT2D eigenvalue weighted by atomic mass is 10.1. The van der Waals surface area contributed by atoms with E-state index in [9.17, 15) is 24.1 Å². The van der Waals surface area contributed by atoms with E-state index in [1.807, 2.05) is 0 Å². The summed E-state index contributed by atoms with van der Waals surface area (Å²) in [5.74, 6) is -0.616. The Morgan fingerprint density at radius 1 is 0.926 bits per heavy atom. The monoisotopic (exact) mass is 372 g/mol. The fourth-order valence-electron chi connectivity index (χ4n) is 2.76. The summed E-state index contributed by atoms with van der Waals surface area (Å²) in [5.41, 5.74) is 0.782. The van der Waals surface area contributed by atoms with Crippen LogP contribution in [0.3, 0.4) is 0 Å². The summed E-state index contributed by atoms with van der Waals surface area (Å²) in [6.07, 6.45) is 0. The summed E-state index contributed by atoms with van der Waals surface area (Å²) in [7, 11) is 0. The van der Waals surface area contributed by atoms with Crippen molar-refractivity contribution >= 4 is 23.3 Å². The van der Waals surface area contributed by atoms with Gasteiger partial charge >= 0.3 is 6.03 Å². The van der Waals surface area contributed by atoms with E-state index in [2.05, 4.69) is 5.32 Å². The summed E-state index contributed by atoms with van der Waals surface area (Å²) in [6, 6.07) is 10.6. The molecule has 1 fully saturated rings. The van der Waals surface area contributed by atoms with Gasteiger partial charge in [0.05, 0.1) is 4.92 Å². The molecule has 8 nitrogen and oxygen atoms in total. The van der Waals surface area contributed by atoms with Gasteiger partial charge in [0.15, 0.2) is 0 Å². The summed E-state index contributed by atoms with van der Waals surface area (Å²) in [4.78, 5) is 38.1. The molecule has 2 aromatic carbocycles. The third-order valence-electron chi connectivity index (χ3n) is 4.27. The number of rotatable bonds is 3.